The molecular weight excluding hydrogens is 550 g/mol. The zero-order valence-electron chi connectivity index (χ0n) is 11.2. The van der Waals surface area contributed by atoms with Crippen LogP contribution in [0.5, 0.6) is 0 Å². The molecule has 1 aliphatic heterocycles. The number of alkyl halides is 9. The van der Waals surface area contributed by atoms with Gasteiger partial charge in [-0.3, -0.25) is 0 Å². The van der Waals surface area contributed by atoms with Crippen LogP contribution in [0.4, 0.5) is 26.3 Å². The molecule has 0 aromatic heterocycles. The van der Waals surface area contributed by atoms with Crippen molar-refractivity contribution in [3.05, 3.63) is 0 Å². The summed E-state index contributed by atoms with van der Waals surface area (Å²) in [5, 5.41) is 9.27. The van der Waals surface area contributed by atoms with Gasteiger partial charge in [0.15, 0.2) is 0 Å². The molecular formula is C10H13F6I2NO3-2. The van der Waals surface area contributed by atoms with Crippen LogP contribution in [0.1, 0.15) is 13.3 Å². The first-order chi connectivity index (χ1) is 9.90. The molecule has 0 radical (unpaired) electrons. The molecule has 0 aromatic carbocycles. The van der Waals surface area contributed by atoms with Gasteiger partial charge in [0.2, 0.25) is 0 Å². The van der Waals surface area contributed by atoms with E-state index in [2.05, 4.69) is 8.27 Å². The number of hydrogen-bond donors (Lipinski definition) is 2. The minimum absolute atomic E-state index is 0.161. The van der Waals surface area contributed by atoms with Gasteiger partial charge in [-0.15, -0.1) is 0 Å². The predicted molar refractivity (Wildman–Crippen MR) is 53.9 cm³/mol. The van der Waals surface area contributed by atoms with Crippen LogP contribution in [0.2, 0.25) is 0 Å². The van der Waals surface area contributed by atoms with E-state index in [0.29, 0.717) is 0 Å². The van der Waals surface area contributed by atoms with Crippen LogP contribution < -0.4 is 46.2 Å². The Bertz CT molecular complexity index is 398. The first kappa shape index (κ1) is 20.5. The molecule has 3 unspecified atom stereocenters. The number of aliphatic hydroxyl groups is 1. The molecule has 0 aromatic rings. The van der Waals surface area contributed by atoms with Gasteiger partial charge in [0.05, 0.1) is 0 Å². The molecule has 134 valence electrons. The van der Waals surface area contributed by atoms with Gasteiger partial charge >= 0.3 is 143 Å². The number of ether oxygens (including phenoxy) is 1. The molecule has 0 spiro atoms. The van der Waals surface area contributed by atoms with Crippen LogP contribution in [-0.2, 0) is 9.53 Å². The number of hydrogen-bond acceptors (Lipinski definition) is 4. The summed E-state index contributed by atoms with van der Waals surface area (Å²) >= 11 is -1.20. The predicted octanol–water partition coefficient (Wildman–Crippen LogP) is -4.82. The summed E-state index contributed by atoms with van der Waals surface area (Å²) in [4.78, 5) is 13.6. The third kappa shape index (κ3) is 4.09. The molecule has 3 atom stereocenters. The summed E-state index contributed by atoms with van der Waals surface area (Å²) in [5.74, 6) is -1.11. The second kappa shape index (κ2) is 7.13. The van der Waals surface area contributed by atoms with Gasteiger partial charge < -0.3 is 0 Å². The van der Waals surface area contributed by atoms with E-state index in [-0.39, 0.29) is 4.05 Å². The standard InChI is InChI=1S/C10H13F6I2NO3/c1-3-4(8(21,9(11,12)13)10(14,15)16)22-7(20)5(17-2)6-18-19-6/h4-6,19,21H,3H2,1-2H3/q-2. The number of rotatable bonds is 6. The molecule has 0 amide bonds. The first-order valence-corrected chi connectivity index (χ1v) is 11.5. The Labute approximate surface area is 143 Å². The fraction of sp³-hybridized carbons (Fsp3) is 0.900. The Hall–Kier alpha value is 0.430. The normalized spacial score (nSPS) is 22.7. The van der Waals surface area contributed by atoms with Gasteiger partial charge in [-0.1, -0.05) is 0 Å². The SMILES string of the molecule is CCC(OC(=O)C([I-]C)C1N[I-]1)C(O)(C(F)(F)F)C(F)(F)F. The number of carbonyl (C=O) groups excluding carboxylic acids is 1. The summed E-state index contributed by atoms with van der Waals surface area (Å²) in [6.07, 6.45) is -15.6. The van der Waals surface area contributed by atoms with Gasteiger partial charge in [-0.2, -0.15) is 0 Å². The van der Waals surface area contributed by atoms with Gasteiger partial charge in [0.25, 0.3) is 0 Å². The molecule has 4 nitrogen and oxygen atoms in total. The van der Waals surface area contributed by atoms with Crippen molar-refractivity contribution in [2.24, 2.45) is 0 Å². The van der Waals surface area contributed by atoms with Crippen LogP contribution in [-0.4, -0.2) is 48.0 Å². The van der Waals surface area contributed by atoms with Crippen molar-refractivity contribution >= 4 is 5.97 Å². The molecule has 12 heteroatoms. The molecule has 1 heterocycles. The summed E-state index contributed by atoms with van der Waals surface area (Å²) < 4.78 is 83.2. The van der Waals surface area contributed by atoms with Gasteiger partial charge in [0.1, 0.15) is 0 Å². The summed E-state index contributed by atoms with van der Waals surface area (Å²) in [6, 6.07) is 0. The quantitative estimate of drug-likeness (QED) is 0.0649. The Morgan fingerprint density at radius 1 is 1.32 bits per heavy atom. The molecule has 0 saturated carbocycles. The van der Waals surface area contributed by atoms with Crippen molar-refractivity contribution in [2.45, 2.75) is 45.4 Å². The molecule has 0 aliphatic carbocycles. The second-order valence-corrected chi connectivity index (χ2v) is 9.51. The monoisotopic (exact) mass is 563 g/mol. The minimum atomic E-state index is -6.01. The van der Waals surface area contributed by atoms with E-state index < -0.39 is 83.1 Å². The van der Waals surface area contributed by atoms with Gasteiger partial charge in [-0.25, -0.2) is 0 Å². The van der Waals surface area contributed by atoms with E-state index in [9.17, 15) is 36.2 Å². The van der Waals surface area contributed by atoms with E-state index >= 15 is 0 Å². The molecule has 1 fully saturated rings. The maximum absolute atomic E-state index is 12.8. The summed E-state index contributed by atoms with van der Waals surface area (Å²) in [7, 11) is 0. The van der Waals surface area contributed by atoms with E-state index in [0.717, 1.165) is 6.92 Å². The van der Waals surface area contributed by atoms with Gasteiger partial charge in [0, 0.05) is 0 Å². The van der Waals surface area contributed by atoms with E-state index in [1.54, 1.807) is 4.93 Å². The average molecular weight is 563 g/mol. The van der Waals surface area contributed by atoms with E-state index in [4.69, 9.17) is 0 Å². The Balaban J connectivity index is 3.03. The van der Waals surface area contributed by atoms with Crippen molar-refractivity contribution in [1.82, 2.24) is 3.53 Å². The zero-order chi connectivity index (χ0) is 17.3. The Morgan fingerprint density at radius 3 is 2.05 bits per heavy atom. The van der Waals surface area contributed by atoms with Gasteiger partial charge in [-0.05, 0) is 0 Å². The fourth-order valence-corrected chi connectivity index (χ4v) is 7.73. The van der Waals surface area contributed by atoms with Crippen molar-refractivity contribution in [1.29, 1.82) is 0 Å². The summed E-state index contributed by atoms with van der Waals surface area (Å²) in [5.41, 5.74) is -5.08. The fourth-order valence-electron chi connectivity index (χ4n) is 1.66. The van der Waals surface area contributed by atoms with Crippen LogP contribution >= 0.6 is 0 Å². The molecule has 1 rings (SSSR count). The van der Waals surface area contributed by atoms with Crippen molar-refractivity contribution in [2.75, 3.05) is 4.93 Å². The number of halogens is 8. The van der Waals surface area contributed by atoms with Crippen molar-refractivity contribution < 1.29 is 83.7 Å². The van der Waals surface area contributed by atoms with Crippen LogP contribution in [0.25, 0.3) is 0 Å². The zero-order valence-corrected chi connectivity index (χ0v) is 15.5. The Morgan fingerprint density at radius 2 is 1.77 bits per heavy atom. The van der Waals surface area contributed by atoms with E-state index in [1.165, 1.54) is 0 Å². The topological polar surface area (TPSA) is 68.5 Å². The maximum atomic E-state index is 12.8. The molecule has 1 saturated heterocycles. The molecule has 22 heavy (non-hydrogen) atoms. The summed E-state index contributed by atoms with van der Waals surface area (Å²) in [6.45, 7) is 0.985. The average Bonchev–Trinajstić information content (AvgIpc) is 3.17. The van der Waals surface area contributed by atoms with E-state index in [1.807, 2.05) is 0 Å². The second-order valence-electron chi connectivity index (χ2n) is 4.34. The number of esters is 1. The van der Waals surface area contributed by atoms with Crippen molar-refractivity contribution in [3.8, 4) is 0 Å². The Kier molecular flexibility index (Phi) is 6.63. The first-order valence-electron chi connectivity index (χ1n) is 5.82. The molecule has 2 N–H and O–H groups in total. The third-order valence-electron chi connectivity index (χ3n) is 2.91. The van der Waals surface area contributed by atoms with Crippen LogP contribution in [0.3, 0.4) is 0 Å². The molecule has 0 bridgehead atoms. The third-order valence-corrected chi connectivity index (χ3v) is 8.92. The number of nitrogens with one attached hydrogen (secondary N) is 1. The van der Waals surface area contributed by atoms with Crippen molar-refractivity contribution in [3.63, 3.8) is 0 Å². The number of carbonyl (C=O) groups is 1. The molecule has 1 aliphatic rings. The van der Waals surface area contributed by atoms with Crippen LogP contribution in [0, 0.1) is 0 Å². The van der Waals surface area contributed by atoms with Crippen LogP contribution in [0.15, 0.2) is 0 Å².